The normalized spacial score (nSPS) is 11.0. The van der Waals surface area contributed by atoms with Crippen LogP contribution >= 0.6 is 27.5 Å². The zero-order chi connectivity index (χ0) is 15.0. The zero-order valence-electron chi connectivity index (χ0n) is 11.1. The molecule has 0 aliphatic rings. The molecule has 3 aromatic heterocycles. The second-order valence-electron chi connectivity index (χ2n) is 4.59. The summed E-state index contributed by atoms with van der Waals surface area (Å²) in [7, 11) is 1.71. The number of furan rings is 1. The van der Waals surface area contributed by atoms with E-state index in [0.29, 0.717) is 38.6 Å². The number of amides is 1. The molecule has 0 radical (unpaired) electrons. The second-order valence-corrected chi connectivity index (χ2v) is 5.77. The minimum absolute atomic E-state index is 0.149. The van der Waals surface area contributed by atoms with E-state index in [0.717, 1.165) is 0 Å². The second kappa shape index (κ2) is 5.54. The van der Waals surface area contributed by atoms with Gasteiger partial charge in [0.1, 0.15) is 11.4 Å². The number of rotatable bonds is 3. The Hall–Kier alpha value is -1.79. The van der Waals surface area contributed by atoms with E-state index in [1.165, 1.54) is 0 Å². The summed E-state index contributed by atoms with van der Waals surface area (Å²) < 4.78 is 6.05. The van der Waals surface area contributed by atoms with Crippen LogP contribution in [0.3, 0.4) is 0 Å². The first-order valence-corrected chi connectivity index (χ1v) is 7.34. The highest BCUT2D eigenvalue weighted by Crippen LogP contribution is 2.26. The Morgan fingerprint density at radius 2 is 2.29 bits per heavy atom. The van der Waals surface area contributed by atoms with Crippen molar-refractivity contribution >= 4 is 44.5 Å². The SMILES string of the molecule is CN(Cc1ccc(Br)o1)C(=O)c1c[nH]c2nccc(Cl)c12. The van der Waals surface area contributed by atoms with E-state index < -0.39 is 0 Å². The molecule has 0 fully saturated rings. The molecule has 1 N–H and O–H groups in total. The number of halogens is 2. The van der Waals surface area contributed by atoms with Gasteiger partial charge in [-0.15, -0.1) is 0 Å². The average molecular weight is 369 g/mol. The van der Waals surface area contributed by atoms with Gasteiger partial charge in [0.05, 0.1) is 22.5 Å². The summed E-state index contributed by atoms with van der Waals surface area (Å²) in [6, 6.07) is 5.27. The molecule has 0 saturated heterocycles. The van der Waals surface area contributed by atoms with Gasteiger partial charge in [0.25, 0.3) is 5.91 Å². The van der Waals surface area contributed by atoms with Crippen molar-refractivity contribution < 1.29 is 9.21 Å². The Morgan fingerprint density at radius 3 is 3.00 bits per heavy atom. The van der Waals surface area contributed by atoms with Crippen molar-refractivity contribution in [1.82, 2.24) is 14.9 Å². The number of aromatic nitrogens is 2. The minimum Gasteiger partial charge on any atom is -0.452 e. The fourth-order valence-electron chi connectivity index (χ4n) is 2.13. The molecule has 0 spiro atoms. The number of aromatic amines is 1. The van der Waals surface area contributed by atoms with Gasteiger partial charge in [-0.25, -0.2) is 4.98 Å². The third-order valence-corrected chi connectivity index (χ3v) is 3.86. The van der Waals surface area contributed by atoms with E-state index in [4.69, 9.17) is 16.0 Å². The predicted molar refractivity (Wildman–Crippen MR) is 83.3 cm³/mol. The highest BCUT2D eigenvalue weighted by molar-refractivity contribution is 9.10. The van der Waals surface area contributed by atoms with Crippen LogP contribution in [-0.2, 0) is 6.54 Å². The Balaban J connectivity index is 1.89. The molecule has 0 aromatic carbocycles. The quantitative estimate of drug-likeness (QED) is 0.764. The van der Waals surface area contributed by atoms with E-state index >= 15 is 0 Å². The zero-order valence-corrected chi connectivity index (χ0v) is 13.4. The molecule has 7 heteroatoms. The summed E-state index contributed by atoms with van der Waals surface area (Å²) >= 11 is 9.40. The van der Waals surface area contributed by atoms with Crippen molar-refractivity contribution in [3.63, 3.8) is 0 Å². The number of nitrogens with zero attached hydrogens (tertiary/aromatic N) is 2. The van der Waals surface area contributed by atoms with Crippen LogP contribution in [0.4, 0.5) is 0 Å². The monoisotopic (exact) mass is 367 g/mol. The number of carbonyl (C=O) groups excluding carboxylic acids is 1. The molecular formula is C14H11BrClN3O2. The fraction of sp³-hybridized carbons (Fsp3) is 0.143. The van der Waals surface area contributed by atoms with E-state index in [1.54, 1.807) is 36.5 Å². The maximum absolute atomic E-state index is 12.5. The molecule has 108 valence electrons. The number of hydrogen-bond acceptors (Lipinski definition) is 3. The van der Waals surface area contributed by atoms with Crippen LogP contribution in [0.1, 0.15) is 16.1 Å². The number of carbonyl (C=O) groups is 1. The molecule has 0 saturated carbocycles. The molecule has 0 bridgehead atoms. The molecule has 0 aliphatic heterocycles. The van der Waals surface area contributed by atoms with Crippen LogP contribution in [0, 0.1) is 0 Å². The molecule has 3 heterocycles. The Labute approximate surface area is 134 Å². The van der Waals surface area contributed by atoms with Crippen LogP contribution in [0.15, 0.2) is 39.7 Å². The van der Waals surface area contributed by atoms with Gasteiger partial charge in [0.15, 0.2) is 4.67 Å². The Morgan fingerprint density at radius 1 is 1.48 bits per heavy atom. The van der Waals surface area contributed by atoms with Crippen molar-refractivity contribution in [2.24, 2.45) is 0 Å². The van der Waals surface area contributed by atoms with Crippen LogP contribution in [-0.4, -0.2) is 27.8 Å². The topological polar surface area (TPSA) is 62.1 Å². The maximum Gasteiger partial charge on any atom is 0.256 e. The van der Waals surface area contributed by atoms with Crippen molar-refractivity contribution in [2.75, 3.05) is 7.05 Å². The summed E-state index contributed by atoms with van der Waals surface area (Å²) in [5.41, 5.74) is 1.09. The average Bonchev–Trinajstić information content (AvgIpc) is 3.05. The lowest BCUT2D eigenvalue weighted by Gasteiger charge is -2.15. The van der Waals surface area contributed by atoms with Crippen molar-refractivity contribution in [3.05, 3.63) is 51.6 Å². The summed E-state index contributed by atoms with van der Waals surface area (Å²) in [5.74, 6) is 0.547. The number of fused-ring (bicyclic) bond motifs is 1. The van der Waals surface area contributed by atoms with Gasteiger partial charge in [-0.2, -0.15) is 0 Å². The first-order chi connectivity index (χ1) is 10.1. The highest BCUT2D eigenvalue weighted by Gasteiger charge is 2.19. The summed E-state index contributed by atoms with van der Waals surface area (Å²) in [6.45, 7) is 0.370. The summed E-state index contributed by atoms with van der Waals surface area (Å²) in [5, 5.41) is 1.13. The van der Waals surface area contributed by atoms with Gasteiger partial charge in [0, 0.05) is 19.4 Å². The van der Waals surface area contributed by atoms with E-state index in [-0.39, 0.29) is 5.91 Å². The number of hydrogen-bond donors (Lipinski definition) is 1. The summed E-state index contributed by atoms with van der Waals surface area (Å²) in [4.78, 5) is 21.2. The van der Waals surface area contributed by atoms with Gasteiger partial charge in [-0.1, -0.05) is 11.6 Å². The highest BCUT2D eigenvalue weighted by atomic mass is 79.9. The third-order valence-electron chi connectivity index (χ3n) is 3.12. The lowest BCUT2D eigenvalue weighted by molar-refractivity contribution is 0.0777. The van der Waals surface area contributed by atoms with E-state index in [2.05, 4.69) is 25.9 Å². The number of pyridine rings is 1. The Kier molecular flexibility index (Phi) is 3.73. The van der Waals surface area contributed by atoms with Crippen molar-refractivity contribution in [1.29, 1.82) is 0 Å². The van der Waals surface area contributed by atoms with Gasteiger partial charge in [0.2, 0.25) is 0 Å². The lowest BCUT2D eigenvalue weighted by atomic mass is 10.2. The minimum atomic E-state index is -0.149. The molecular weight excluding hydrogens is 358 g/mol. The van der Waals surface area contributed by atoms with Crippen molar-refractivity contribution in [3.8, 4) is 0 Å². The van der Waals surface area contributed by atoms with Crippen molar-refractivity contribution in [2.45, 2.75) is 6.54 Å². The standard InChI is InChI=1S/C14H11BrClN3O2/c1-19(7-8-2-3-11(15)21-8)14(20)9-6-18-13-12(9)10(16)4-5-17-13/h2-6H,7H2,1H3,(H,17,18). The van der Waals surface area contributed by atoms with Gasteiger partial charge in [-0.05, 0) is 34.1 Å². The van der Waals surface area contributed by atoms with Crippen LogP contribution in [0.2, 0.25) is 5.02 Å². The molecule has 0 atom stereocenters. The van der Waals surface area contributed by atoms with Crippen LogP contribution < -0.4 is 0 Å². The Bertz CT molecular complexity index is 812. The summed E-state index contributed by atoms with van der Waals surface area (Å²) in [6.07, 6.45) is 3.22. The number of nitrogens with one attached hydrogen (secondary N) is 1. The first kappa shape index (κ1) is 14.2. The molecule has 1 amide bonds. The van der Waals surface area contributed by atoms with Crippen LogP contribution in [0.5, 0.6) is 0 Å². The number of H-pyrrole nitrogens is 1. The first-order valence-electron chi connectivity index (χ1n) is 6.17. The van der Waals surface area contributed by atoms with Crippen LogP contribution in [0.25, 0.3) is 11.0 Å². The molecule has 3 rings (SSSR count). The largest absolute Gasteiger partial charge is 0.452 e. The smallest absolute Gasteiger partial charge is 0.256 e. The maximum atomic E-state index is 12.5. The molecule has 21 heavy (non-hydrogen) atoms. The molecule has 0 aliphatic carbocycles. The fourth-order valence-corrected chi connectivity index (χ4v) is 2.72. The molecule has 0 unspecified atom stereocenters. The van der Waals surface area contributed by atoms with Gasteiger partial charge >= 0.3 is 0 Å². The third kappa shape index (κ3) is 2.69. The van der Waals surface area contributed by atoms with E-state index in [1.807, 2.05) is 6.07 Å². The molecule has 3 aromatic rings. The molecule has 5 nitrogen and oxygen atoms in total. The predicted octanol–water partition coefficient (Wildman–Crippen LogP) is 3.84. The van der Waals surface area contributed by atoms with Gasteiger partial charge in [-0.3, -0.25) is 4.79 Å². The van der Waals surface area contributed by atoms with Gasteiger partial charge < -0.3 is 14.3 Å². The van der Waals surface area contributed by atoms with E-state index in [9.17, 15) is 4.79 Å². The lowest BCUT2D eigenvalue weighted by Crippen LogP contribution is -2.25.